The van der Waals surface area contributed by atoms with Crippen LogP contribution in [0.15, 0.2) is 69.5 Å². The van der Waals surface area contributed by atoms with Gasteiger partial charge in [-0.15, -0.1) is 0 Å². The summed E-state index contributed by atoms with van der Waals surface area (Å²) >= 11 is 0. The van der Waals surface area contributed by atoms with Crippen molar-refractivity contribution in [3.05, 3.63) is 77.9 Å². The van der Waals surface area contributed by atoms with E-state index in [4.69, 9.17) is 8.83 Å². The summed E-state index contributed by atoms with van der Waals surface area (Å²) in [4.78, 5) is 30.8. The molecule has 6 nitrogen and oxygen atoms in total. The predicted molar refractivity (Wildman–Crippen MR) is 116 cm³/mol. The number of amides is 1. The molecule has 3 heterocycles. The van der Waals surface area contributed by atoms with Gasteiger partial charge in [-0.1, -0.05) is 36.4 Å². The highest BCUT2D eigenvalue weighted by Crippen LogP contribution is 2.31. The second-order valence-corrected chi connectivity index (χ2v) is 7.88. The number of carbonyl (C=O) groups is 2. The van der Waals surface area contributed by atoms with Gasteiger partial charge < -0.3 is 13.7 Å². The van der Waals surface area contributed by atoms with Gasteiger partial charge in [-0.05, 0) is 44.0 Å². The Morgan fingerprint density at radius 1 is 0.935 bits per heavy atom. The van der Waals surface area contributed by atoms with E-state index < -0.39 is 0 Å². The van der Waals surface area contributed by atoms with Gasteiger partial charge in [0, 0.05) is 30.1 Å². The molecule has 1 aliphatic heterocycles. The summed E-state index contributed by atoms with van der Waals surface area (Å²) in [6.45, 7) is 2.79. The normalized spacial score (nSPS) is 14.8. The molecule has 2 aromatic heterocycles. The quantitative estimate of drug-likeness (QED) is 0.423. The maximum absolute atomic E-state index is 12.9. The fourth-order valence-corrected chi connectivity index (χ4v) is 4.03. The molecule has 156 valence electrons. The van der Waals surface area contributed by atoms with Crippen LogP contribution in [0.1, 0.15) is 52.5 Å². The number of likely N-dealkylation sites (tertiary alicyclic amines) is 1. The third kappa shape index (κ3) is 3.77. The summed E-state index contributed by atoms with van der Waals surface area (Å²) in [6.07, 6.45) is 1.61. The van der Waals surface area contributed by atoms with E-state index in [1.165, 1.54) is 6.92 Å². The van der Waals surface area contributed by atoms with Crippen LogP contribution in [0, 0.1) is 0 Å². The average molecular weight is 414 g/mol. The number of furan rings is 1. The molecule has 0 N–H and O–H groups in total. The van der Waals surface area contributed by atoms with Crippen molar-refractivity contribution < 1.29 is 18.4 Å². The van der Waals surface area contributed by atoms with Gasteiger partial charge in [0.15, 0.2) is 23.0 Å². The van der Waals surface area contributed by atoms with Crippen molar-refractivity contribution in [1.82, 2.24) is 9.88 Å². The Balaban J connectivity index is 1.25. The smallest absolute Gasteiger partial charge is 0.289 e. The standard InChI is InChI=1S/C25H22N2O4/c1-16(28)17-6-8-18(9-7-17)21-10-11-23(30-21)25(29)27-14-12-19(13-15-27)24-26-20-4-2-3-5-22(20)31-24/h2-11,19H,12-15H2,1H3. The van der Waals surface area contributed by atoms with Crippen LogP contribution in [0.25, 0.3) is 22.4 Å². The predicted octanol–water partition coefficient (Wildman–Crippen LogP) is 5.31. The fourth-order valence-electron chi connectivity index (χ4n) is 4.03. The molecule has 0 atom stereocenters. The molecule has 4 aromatic rings. The van der Waals surface area contributed by atoms with Gasteiger partial charge in [-0.25, -0.2) is 4.98 Å². The first kappa shape index (κ1) is 19.3. The number of rotatable bonds is 4. The third-order valence-corrected chi connectivity index (χ3v) is 5.83. The maximum Gasteiger partial charge on any atom is 0.289 e. The molecular weight excluding hydrogens is 392 g/mol. The Morgan fingerprint density at radius 2 is 1.68 bits per heavy atom. The fraction of sp³-hybridized carbons (Fsp3) is 0.240. The van der Waals surface area contributed by atoms with Crippen molar-refractivity contribution in [2.24, 2.45) is 0 Å². The van der Waals surface area contributed by atoms with Gasteiger partial charge in [0.05, 0.1) is 0 Å². The number of nitrogens with zero attached hydrogens (tertiary/aromatic N) is 2. The van der Waals surface area contributed by atoms with Gasteiger partial charge >= 0.3 is 0 Å². The zero-order valence-electron chi connectivity index (χ0n) is 17.2. The molecule has 2 aromatic carbocycles. The van der Waals surface area contributed by atoms with Gasteiger partial charge in [-0.3, -0.25) is 9.59 Å². The summed E-state index contributed by atoms with van der Waals surface area (Å²) in [5.41, 5.74) is 3.15. The van der Waals surface area contributed by atoms with Crippen molar-refractivity contribution in [3.63, 3.8) is 0 Å². The lowest BCUT2D eigenvalue weighted by Gasteiger charge is -2.29. The number of piperidine rings is 1. The van der Waals surface area contributed by atoms with E-state index in [0.717, 1.165) is 35.4 Å². The Bertz CT molecular complexity index is 1210. The number of hydrogen-bond donors (Lipinski definition) is 0. The topological polar surface area (TPSA) is 76.6 Å². The first-order valence-corrected chi connectivity index (χ1v) is 10.4. The van der Waals surface area contributed by atoms with Crippen LogP contribution in [0.4, 0.5) is 0 Å². The van der Waals surface area contributed by atoms with Crippen LogP contribution in [0.5, 0.6) is 0 Å². The molecule has 6 heteroatoms. The number of carbonyl (C=O) groups excluding carboxylic acids is 2. The molecule has 0 bridgehead atoms. The van der Waals surface area contributed by atoms with Crippen molar-refractivity contribution >= 4 is 22.8 Å². The van der Waals surface area contributed by atoms with Crippen LogP contribution in [-0.4, -0.2) is 34.7 Å². The Hall–Kier alpha value is -3.67. The van der Waals surface area contributed by atoms with Crippen LogP contribution in [0.2, 0.25) is 0 Å². The lowest BCUT2D eigenvalue weighted by molar-refractivity contribution is 0.0675. The molecular formula is C25H22N2O4. The Labute approximate surface area is 179 Å². The molecule has 1 fully saturated rings. The van der Waals surface area contributed by atoms with Gasteiger partial charge in [0.25, 0.3) is 5.91 Å². The number of fused-ring (bicyclic) bond motifs is 1. The maximum atomic E-state index is 12.9. The van der Waals surface area contributed by atoms with Crippen molar-refractivity contribution in [2.45, 2.75) is 25.7 Å². The molecule has 1 aliphatic rings. The van der Waals surface area contributed by atoms with E-state index in [9.17, 15) is 9.59 Å². The summed E-state index contributed by atoms with van der Waals surface area (Å²) in [6, 6.07) is 18.4. The SMILES string of the molecule is CC(=O)c1ccc(-c2ccc(C(=O)N3CCC(c4nc5ccccc5o4)CC3)o2)cc1. The van der Waals surface area contributed by atoms with Crippen LogP contribution in [0.3, 0.4) is 0 Å². The summed E-state index contributed by atoms with van der Waals surface area (Å²) in [5, 5.41) is 0. The number of benzene rings is 2. The molecule has 0 spiro atoms. The van der Waals surface area contributed by atoms with E-state index in [1.807, 2.05) is 41.3 Å². The minimum absolute atomic E-state index is 0.0168. The van der Waals surface area contributed by atoms with Gasteiger partial charge in [-0.2, -0.15) is 0 Å². The van der Waals surface area contributed by atoms with E-state index in [1.54, 1.807) is 24.3 Å². The van der Waals surface area contributed by atoms with E-state index in [2.05, 4.69) is 4.98 Å². The second kappa shape index (κ2) is 7.87. The molecule has 0 aliphatic carbocycles. The van der Waals surface area contributed by atoms with Gasteiger partial charge in [0.2, 0.25) is 0 Å². The highest BCUT2D eigenvalue weighted by Gasteiger charge is 2.28. The number of para-hydroxylation sites is 2. The van der Waals surface area contributed by atoms with E-state index in [-0.39, 0.29) is 17.6 Å². The first-order chi connectivity index (χ1) is 15.1. The van der Waals surface area contributed by atoms with Crippen molar-refractivity contribution in [3.8, 4) is 11.3 Å². The number of aromatic nitrogens is 1. The second-order valence-electron chi connectivity index (χ2n) is 7.88. The molecule has 0 unspecified atom stereocenters. The molecule has 1 amide bonds. The Morgan fingerprint density at radius 3 is 2.39 bits per heavy atom. The first-order valence-electron chi connectivity index (χ1n) is 10.4. The number of ketones is 1. The van der Waals surface area contributed by atoms with Gasteiger partial charge in [0.1, 0.15) is 11.3 Å². The molecule has 0 saturated carbocycles. The highest BCUT2D eigenvalue weighted by atomic mass is 16.4. The van der Waals surface area contributed by atoms with E-state index >= 15 is 0 Å². The summed E-state index contributed by atoms with van der Waals surface area (Å²) in [5.74, 6) is 1.81. The van der Waals surface area contributed by atoms with Crippen LogP contribution < -0.4 is 0 Å². The molecule has 5 rings (SSSR count). The number of oxazole rings is 1. The van der Waals surface area contributed by atoms with E-state index in [0.29, 0.717) is 30.2 Å². The minimum Gasteiger partial charge on any atom is -0.451 e. The Kier molecular flexibility index (Phi) is 4.90. The van der Waals surface area contributed by atoms with Crippen molar-refractivity contribution in [2.75, 3.05) is 13.1 Å². The van der Waals surface area contributed by atoms with Crippen LogP contribution in [-0.2, 0) is 0 Å². The monoisotopic (exact) mass is 414 g/mol. The zero-order chi connectivity index (χ0) is 21.4. The number of hydrogen-bond acceptors (Lipinski definition) is 5. The largest absolute Gasteiger partial charge is 0.451 e. The molecule has 1 saturated heterocycles. The minimum atomic E-state index is -0.109. The average Bonchev–Trinajstić information content (AvgIpc) is 3.46. The highest BCUT2D eigenvalue weighted by molar-refractivity contribution is 5.94. The lowest BCUT2D eigenvalue weighted by atomic mass is 9.96. The summed E-state index contributed by atoms with van der Waals surface area (Å²) < 4.78 is 11.7. The summed E-state index contributed by atoms with van der Waals surface area (Å²) in [7, 11) is 0. The third-order valence-electron chi connectivity index (χ3n) is 5.83. The lowest BCUT2D eigenvalue weighted by Crippen LogP contribution is -2.37. The van der Waals surface area contributed by atoms with Crippen LogP contribution >= 0.6 is 0 Å². The number of Topliss-reactive ketones (excluding diaryl/α,β-unsaturated/α-hetero) is 1. The molecule has 31 heavy (non-hydrogen) atoms. The zero-order valence-corrected chi connectivity index (χ0v) is 17.2. The van der Waals surface area contributed by atoms with Crippen molar-refractivity contribution in [1.29, 1.82) is 0 Å². The molecule has 0 radical (unpaired) electrons.